The minimum atomic E-state index is -0.399. The number of esters is 2. The van der Waals surface area contributed by atoms with Crippen molar-refractivity contribution in [3.63, 3.8) is 0 Å². The van der Waals surface area contributed by atoms with Gasteiger partial charge < -0.3 is 9.47 Å². The van der Waals surface area contributed by atoms with Crippen LogP contribution in [0.25, 0.3) is 0 Å². The highest BCUT2D eigenvalue weighted by atomic mass is 16.5. The Morgan fingerprint density at radius 3 is 1.33 bits per heavy atom. The third-order valence-corrected chi connectivity index (χ3v) is 4.61. The molecule has 4 heteroatoms. The zero-order valence-electron chi connectivity index (χ0n) is 10.4. The van der Waals surface area contributed by atoms with E-state index in [1.54, 1.807) is 0 Å². The summed E-state index contributed by atoms with van der Waals surface area (Å²) < 4.78 is 9.74. The molecule has 0 radical (unpaired) electrons. The second kappa shape index (κ2) is 3.97. The van der Waals surface area contributed by atoms with Crippen molar-refractivity contribution in [2.45, 2.75) is 0 Å². The van der Waals surface area contributed by atoms with E-state index in [9.17, 15) is 9.59 Å². The predicted octanol–water partition coefficient (Wildman–Crippen LogP) is 1.18. The molecular weight excluding hydrogens is 232 g/mol. The summed E-state index contributed by atoms with van der Waals surface area (Å²) in [6.07, 6.45) is 8.40. The molecule has 0 saturated heterocycles. The number of hydrogen-bond acceptors (Lipinski definition) is 4. The van der Waals surface area contributed by atoms with Crippen molar-refractivity contribution in [3.8, 4) is 0 Å². The molecule has 4 aliphatic carbocycles. The first kappa shape index (κ1) is 11.5. The second-order valence-corrected chi connectivity index (χ2v) is 5.18. The van der Waals surface area contributed by atoms with Crippen molar-refractivity contribution in [3.05, 3.63) is 24.3 Å². The zero-order valence-corrected chi connectivity index (χ0v) is 10.4. The van der Waals surface area contributed by atoms with Gasteiger partial charge in [0, 0.05) is 0 Å². The van der Waals surface area contributed by atoms with E-state index in [2.05, 4.69) is 24.3 Å². The van der Waals surface area contributed by atoms with Crippen LogP contribution in [0.3, 0.4) is 0 Å². The maximum atomic E-state index is 12.0. The largest absolute Gasteiger partial charge is 0.469 e. The van der Waals surface area contributed by atoms with Gasteiger partial charge in [0.2, 0.25) is 0 Å². The Morgan fingerprint density at radius 1 is 0.722 bits per heavy atom. The third-order valence-electron chi connectivity index (χ3n) is 4.61. The first-order valence-corrected chi connectivity index (χ1v) is 6.21. The van der Waals surface area contributed by atoms with Crippen LogP contribution in [0.1, 0.15) is 0 Å². The lowest BCUT2D eigenvalue weighted by Crippen LogP contribution is -2.55. The summed E-state index contributed by atoms with van der Waals surface area (Å²) in [6.45, 7) is 0. The van der Waals surface area contributed by atoms with Gasteiger partial charge in [0.05, 0.1) is 26.1 Å². The van der Waals surface area contributed by atoms with Gasteiger partial charge >= 0.3 is 11.9 Å². The molecule has 1 saturated carbocycles. The quantitative estimate of drug-likeness (QED) is 0.544. The van der Waals surface area contributed by atoms with Gasteiger partial charge in [-0.25, -0.2) is 0 Å². The average molecular weight is 248 g/mol. The van der Waals surface area contributed by atoms with E-state index < -0.39 is 11.8 Å². The van der Waals surface area contributed by atoms with Crippen molar-refractivity contribution >= 4 is 11.9 Å². The molecule has 0 aromatic rings. The average Bonchev–Trinajstić information content (AvgIpc) is 2.35. The van der Waals surface area contributed by atoms with Crippen LogP contribution in [0.5, 0.6) is 0 Å². The highest BCUT2D eigenvalue weighted by molar-refractivity contribution is 5.84. The summed E-state index contributed by atoms with van der Waals surface area (Å²) in [6, 6.07) is 0. The Labute approximate surface area is 106 Å². The lowest BCUT2D eigenvalue weighted by atomic mass is 9.50. The number of methoxy groups -OCH3 is 2. The van der Waals surface area contributed by atoms with E-state index in [1.807, 2.05) is 0 Å². The molecule has 6 atom stereocenters. The van der Waals surface area contributed by atoms with Crippen LogP contribution in [0.4, 0.5) is 0 Å². The Morgan fingerprint density at radius 2 is 1.06 bits per heavy atom. The lowest BCUT2D eigenvalue weighted by Gasteiger charge is -2.53. The standard InChI is InChI=1S/C14H16O4/c1-17-13(15)11-9-5-6-10(8-4-3-7(8)9)12(11)14(16)18-2/h3-12H,1-2H3. The van der Waals surface area contributed by atoms with Gasteiger partial charge in [-0.2, -0.15) is 0 Å². The summed E-state index contributed by atoms with van der Waals surface area (Å²) in [5, 5.41) is 0. The first-order valence-electron chi connectivity index (χ1n) is 6.21. The van der Waals surface area contributed by atoms with E-state index in [0.29, 0.717) is 11.8 Å². The molecule has 6 unspecified atom stereocenters. The smallest absolute Gasteiger partial charge is 0.310 e. The highest BCUT2D eigenvalue weighted by Crippen LogP contribution is 2.56. The van der Waals surface area contributed by atoms with E-state index in [1.165, 1.54) is 14.2 Å². The summed E-state index contributed by atoms with van der Waals surface area (Å²) in [5.74, 6) is -0.502. The van der Waals surface area contributed by atoms with Crippen LogP contribution >= 0.6 is 0 Å². The third kappa shape index (κ3) is 1.32. The second-order valence-electron chi connectivity index (χ2n) is 5.18. The number of carbonyl (C=O) groups excluding carboxylic acids is 2. The van der Waals surface area contributed by atoms with Crippen molar-refractivity contribution in [1.82, 2.24) is 0 Å². The van der Waals surface area contributed by atoms with Gasteiger partial charge in [-0.05, 0) is 23.7 Å². The number of rotatable bonds is 2. The maximum absolute atomic E-state index is 12.0. The molecule has 96 valence electrons. The highest BCUT2D eigenvalue weighted by Gasteiger charge is 2.58. The zero-order chi connectivity index (χ0) is 12.9. The van der Waals surface area contributed by atoms with E-state index in [4.69, 9.17) is 9.47 Å². The molecular formula is C14H16O4. The van der Waals surface area contributed by atoms with Crippen LogP contribution in [0.2, 0.25) is 0 Å². The monoisotopic (exact) mass is 248 g/mol. The molecule has 0 aromatic heterocycles. The van der Waals surface area contributed by atoms with Crippen LogP contribution in [0, 0.1) is 35.5 Å². The predicted molar refractivity (Wildman–Crippen MR) is 63.3 cm³/mol. The number of hydrogen-bond donors (Lipinski definition) is 0. The summed E-state index contributed by atoms with van der Waals surface area (Å²) in [7, 11) is 2.74. The normalized spacial score (nSPS) is 43.0. The Balaban J connectivity index is 2.00. The lowest BCUT2D eigenvalue weighted by molar-refractivity contribution is -0.167. The van der Waals surface area contributed by atoms with Crippen molar-refractivity contribution in [2.24, 2.45) is 35.5 Å². The fourth-order valence-corrected chi connectivity index (χ4v) is 3.73. The Bertz CT molecular complexity index is 411. The van der Waals surface area contributed by atoms with Crippen molar-refractivity contribution in [2.75, 3.05) is 14.2 Å². The molecule has 2 bridgehead atoms. The van der Waals surface area contributed by atoms with Gasteiger partial charge in [0.15, 0.2) is 0 Å². The van der Waals surface area contributed by atoms with Gasteiger partial charge in [-0.15, -0.1) is 0 Å². The summed E-state index contributed by atoms with van der Waals surface area (Å²) in [5.41, 5.74) is 0. The molecule has 0 aromatic carbocycles. The fourth-order valence-electron chi connectivity index (χ4n) is 3.73. The molecule has 4 rings (SSSR count). The molecule has 0 spiro atoms. The van der Waals surface area contributed by atoms with Crippen molar-refractivity contribution < 1.29 is 19.1 Å². The van der Waals surface area contributed by atoms with Gasteiger partial charge in [-0.1, -0.05) is 24.3 Å². The van der Waals surface area contributed by atoms with Crippen LogP contribution in [-0.2, 0) is 19.1 Å². The number of ether oxygens (including phenoxy) is 2. The van der Waals surface area contributed by atoms with Gasteiger partial charge in [-0.3, -0.25) is 9.59 Å². The van der Waals surface area contributed by atoms with Crippen LogP contribution < -0.4 is 0 Å². The van der Waals surface area contributed by atoms with E-state index in [0.717, 1.165) is 0 Å². The van der Waals surface area contributed by atoms with Crippen LogP contribution in [0.15, 0.2) is 24.3 Å². The summed E-state index contributed by atoms with van der Waals surface area (Å²) >= 11 is 0. The molecule has 0 heterocycles. The Hall–Kier alpha value is -1.58. The fraction of sp³-hybridized carbons (Fsp3) is 0.571. The van der Waals surface area contributed by atoms with Gasteiger partial charge in [0.1, 0.15) is 0 Å². The van der Waals surface area contributed by atoms with E-state index >= 15 is 0 Å². The van der Waals surface area contributed by atoms with Gasteiger partial charge in [0.25, 0.3) is 0 Å². The Kier molecular flexibility index (Phi) is 2.54. The molecule has 4 aliphatic rings. The maximum Gasteiger partial charge on any atom is 0.310 e. The first-order chi connectivity index (χ1) is 8.69. The van der Waals surface area contributed by atoms with E-state index in [-0.39, 0.29) is 23.8 Å². The molecule has 0 N–H and O–H groups in total. The molecule has 18 heavy (non-hydrogen) atoms. The molecule has 0 aliphatic heterocycles. The number of allylic oxidation sites excluding steroid dienone is 4. The van der Waals surface area contributed by atoms with Crippen molar-refractivity contribution in [1.29, 1.82) is 0 Å². The molecule has 1 fully saturated rings. The minimum absolute atomic E-state index is 0.0709. The number of carbonyl (C=O) groups is 2. The van der Waals surface area contributed by atoms with Crippen LogP contribution in [-0.4, -0.2) is 26.2 Å². The topological polar surface area (TPSA) is 52.6 Å². The SMILES string of the molecule is COC(=O)C1C2C=CC(C3C=CC32)C1C(=O)OC. The minimum Gasteiger partial charge on any atom is -0.469 e. The molecule has 0 amide bonds. The molecule has 4 nitrogen and oxygen atoms in total. The number of fused-ring (bicyclic) bond motifs is 1. The summed E-state index contributed by atoms with van der Waals surface area (Å²) in [4.78, 5) is 24.0.